The Morgan fingerprint density at radius 3 is 2.67 bits per heavy atom. The Morgan fingerprint density at radius 2 is 1.90 bits per heavy atom. The van der Waals surface area contributed by atoms with Crippen LogP contribution in [0, 0.1) is 17.6 Å². The Kier molecular flexibility index (Phi) is 8.30. The molecule has 0 aliphatic carbocycles. The van der Waals surface area contributed by atoms with Crippen LogP contribution in [-0.4, -0.2) is 33.6 Å². The number of aromatic nitrogens is 3. The lowest BCUT2D eigenvalue weighted by atomic mass is 9.95. The topological polar surface area (TPSA) is 115 Å². The molecule has 0 saturated heterocycles. The van der Waals surface area contributed by atoms with Gasteiger partial charge in [0.2, 0.25) is 5.91 Å². The van der Waals surface area contributed by atoms with E-state index in [-0.39, 0.29) is 22.5 Å². The lowest BCUT2D eigenvalue weighted by Gasteiger charge is -2.23. The lowest BCUT2D eigenvalue weighted by molar-refractivity contribution is -0.119. The van der Waals surface area contributed by atoms with Gasteiger partial charge < -0.3 is 10.1 Å². The monoisotopic (exact) mass is 593 g/mol. The summed E-state index contributed by atoms with van der Waals surface area (Å²) in [5.41, 5.74) is 1.64. The van der Waals surface area contributed by atoms with E-state index in [2.05, 4.69) is 25.3 Å². The van der Waals surface area contributed by atoms with Gasteiger partial charge in [-0.15, -0.1) is 0 Å². The summed E-state index contributed by atoms with van der Waals surface area (Å²) in [5, 5.41) is 5.28. The molecule has 9 nitrogen and oxygen atoms in total. The molecule has 2 bridgehead atoms. The third kappa shape index (κ3) is 5.87. The second-order valence-corrected chi connectivity index (χ2v) is 10.3. The van der Waals surface area contributed by atoms with E-state index in [1.807, 2.05) is 6.07 Å². The summed E-state index contributed by atoms with van der Waals surface area (Å²) in [7, 11) is 1.25. The Balaban J connectivity index is 1.59. The SMILES string of the molecule is COC(=O)Nc1ccc2c(c1)NC(=O)C(C)CCCC(n1cnc(-c3c(F)ccc(Cl)c3F)cc1=O)c1cc-2ccn1. The van der Waals surface area contributed by atoms with Crippen LogP contribution in [0.3, 0.4) is 0 Å². The Hall–Kier alpha value is -4.64. The van der Waals surface area contributed by atoms with Gasteiger partial charge in [0.15, 0.2) is 5.82 Å². The quantitative estimate of drug-likeness (QED) is 0.265. The van der Waals surface area contributed by atoms with Gasteiger partial charge in [0.1, 0.15) is 5.82 Å². The van der Waals surface area contributed by atoms with Crippen LogP contribution in [0.4, 0.5) is 25.0 Å². The number of nitrogens with zero attached hydrogens (tertiary/aromatic N) is 3. The first kappa shape index (κ1) is 28.9. The summed E-state index contributed by atoms with van der Waals surface area (Å²) < 4.78 is 35.2. The molecular weight excluding hydrogens is 568 g/mol. The van der Waals surface area contributed by atoms with Gasteiger partial charge in [-0.25, -0.2) is 18.6 Å². The molecule has 2 aromatic heterocycles. The molecule has 216 valence electrons. The van der Waals surface area contributed by atoms with Crippen molar-refractivity contribution in [1.29, 1.82) is 0 Å². The number of fused-ring (bicyclic) bond motifs is 4. The van der Waals surface area contributed by atoms with Crippen LogP contribution in [0.25, 0.3) is 22.4 Å². The average molecular weight is 594 g/mol. The predicted octanol–water partition coefficient (Wildman–Crippen LogP) is 6.43. The van der Waals surface area contributed by atoms with E-state index in [9.17, 15) is 23.2 Å². The fraction of sp³-hybridized carbons (Fsp3) is 0.233. The van der Waals surface area contributed by atoms with E-state index in [0.717, 1.165) is 18.2 Å². The first-order chi connectivity index (χ1) is 20.2. The molecule has 12 heteroatoms. The van der Waals surface area contributed by atoms with Crippen LogP contribution in [0.2, 0.25) is 5.02 Å². The third-order valence-corrected chi connectivity index (χ3v) is 7.47. The second kappa shape index (κ2) is 12.1. The van der Waals surface area contributed by atoms with E-state index in [1.165, 1.54) is 18.0 Å². The molecule has 2 N–H and O–H groups in total. The molecule has 0 spiro atoms. The lowest BCUT2D eigenvalue weighted by Crippen LogP contribution is -2.27. The number of pyridine rings is 1. The number of rotatable bonds is 3. The van der Waals surface area contributed by atoms with Gasteiger partial charge in [-0.1, -0.05) is 31.0 Å². The van der Waals surface area contributed by atoms with Crippen LogP contribution in [0.1, 0.15) is 37.9 Å². The van der Waals surface area contributed by atoms with Crippen LogP contribution in [0.15, 0.2) is 65.8 Å². The number of ether oxygens (including phenoxy) is 1. The molecule has 0 saturated carbocycles. The average Bonchev–Trinajstić information content (AvgIpc) is 2.97. The molecule has 1 aliphatic rings. The molecule has 2 atom stereocenters. The molecular formula is C30H26ClF2N5O4. The van der Waals surface area contributed by atoms with Crippen LogP contribution in [-0.2, 0) is 9.53 Å². The molecule has 2 amide bonds. The normalized spacial score (nSPS) is 16.8. The molecule has 0 radical (unpaired) electrons. The minimum atomic E-state index is -1.00. The Morgan fingerprint density at radius 1 is 1.10 bits per heavy atom. The number of anilines is 2. The van der Waals surface area contributed by atoms with Gasteiger partial charge in [0.05, 0.1) is 47.1 Å². The predicted molar refractivity (Wildman–Crippen MR) is 154 cm³/mol. The number of methoxy groups -OCH3 is 1. The summed E-state index contributed by atoms with van der Waals surface area (Å²) in [6.07, 6.45) is 3.72. The summed E-state index contributed by atoms with van der Waals surface area (Å²) in [5.74, 6) is -2.46. The van der Waals surface area contributed by atoms with Gasteiger partial charge in [0, 0.05) is 29.4 Å². The highest BCUT2D eigenvalue weighted by Gasteiger charge is 2.24. The Bertz CT molecular complexity index is 1750. The fourth-order valence-corrected chi connectivity index (χ4v) is 5.08. The first-order valence-corrected chi connectivity index (χ1v) is 13.5. The summed E-state index contributed by atoms with van der Waals surface area (Å²) in [6.45, 7) is 1.81. The zero-order valence-corrected chi connectivity index (χ0v) is 23.4. The molecule has 0 fully saturated rings. The zero-order chi connectivity index (χ0) is 30.0. The third-order valence-electron chi connectivity index (χ3n) is 7.18. The maximum absolute atomic E-state index is 14.6. The smallest absolute Gasteiger partial charge is 0.411 e. The van der Waals surface area contributed by atoms with Crippen molar-refractivity contribution >= 4 is 35.0 Å². The van der Waals surface area contributed by atoms with Gasteiger partial charge in [-0.2, -0.15) is 0 Å². The van der Waals surface area contributed by atoms with Crippen molar-refractivity contribution in [1.82, 2.24) is 14.5 Å². The number of amides is 2. The molecule has 4 aromatic rings. The zero-order valence-electron chi connectivity index (χ0n) is 22.7. The van der Waals surface area contributed by atoms with Crippen molar-refractivity contribution in [2.75, 3.05) is 17.7 Å². The number of benzene rings is 2. The van der Waals surface area contributed by atoms with Gasteiger partial charge in [-0.3, -0.25) is 24.5 Å². The summed E-state index contributed by atoms with van der Waals surface area (Å²) in [6, 6.07) is 11.2. The van der Waals surface area contributed by atoms with E-state index < -0.39 is 34.9 Å². The highest BCUT2D eigenvalue weighted by Crippen LogP contribution is 2.35. The minimum absolute atomic E-state index is 0.181. The highest BCUT2D eigenvalue weighted by atomic mass is 35.5. The number of halogens is 3. The Labute approximate surface area is 244 Å². The van der Waals surface area contributed by atoms with Gasteiger partial charge in [-0.05, 0) is 54.8 Å². The molecule has 5 rings (SSSR count). The summed E-state index contributed by atoms with van der Waals surface area (Å²) in [4.78, 5) is 47.0. The first-order valence-electron chi connectivity index (χ1n) is 13.1. The molecule has 3 heterocycles. The molecule has 2 unspecified atom stereocenters. The number of carbonyl (C=O) groups excluding carboxylic acids is 2. The number of hydrogen-bond acceptors (Lipinski definition) is 6. The van der Waals surface area contributed by atoms with Crippen molar-refractivity contribution in [2.24, 2.45) is 5.92 Å². The number of nitrogens with one attached hydrogen (secondary N) is 2. The molecule has 42 heavy (non-hydrogen) atoms. The van der Waals surface area contributed by atoms with Crippen LogP contribution in [0.5, 0.6) is 0 Å². The maximum Gasteiger partial charge on any atom is 0.411 e. The van der Waals surface area contributed by atoms with Crippen LogP contribution >= 0.6 is 11.6 Å². The summed E-state index contributed by atoms with van der Waals surface area (Å²) >= 11 is 5.84. The number of hydrogen-bond donors (Lipinski definition) is 2. The van der Waals surface area contributed by atoms with E-state index in [0.29, 0.717) is 47.5 Å². The minimum Gasteiger partial charge on any atom is -0.453 e. The van der Waals surface area contributed by atoms with Crippen molar-refractivity contribution in [3.8, 4) is 22.4 Å². The fourth-order valence-electron chi connectivity index (χ4n) is 4.92. The maximum atomic E-state index is 14.6. The van der Waals surface area contributed by atoms with Gasteiger partial charge >= 0.3 is 6.09 Å². The standard InChI is InChI=1S/C30H26ClF2N5O4/c1-16-4-3-5-25(38-15-35-24(14-26(38)39)27-21(32)9-8-20(31)28(27)33)23-12-17(10-11-34-23)19-7-6-18(36-30(41)42-2)13-22(19)37-29(16)40/h6-16,25H,3-5H2,1-2H3,(H,36,41)(H,37,40). The van der Waals surface area contributed by atoms with Crippen molar-refractivity contribution < 1.29 is 23.1 Å². The van der Waals surface area contributed by atoms with E-state index in [4.69, 9.17) is 11.6 Å². The van der Waals surface area contributed by atoms with Crippen LogP contribution < -0.4 is 16.2 Å². The second-order valence-electron chi connectivity index (χ2n) is 9.92. The van der Waals surface area contributed by atoms with E-state index >= 15 is 0 Å². The van der Waals surface area contributed by atoms with Crippen molar-refractivity contribution in [3.63, 3.8) is 0 Å². The molecule has 1 aliphatic heterocycles. The van der Waals surface area contributed by atoms with Gasteiger partial charge in [0.25, 0.3) is 5.56 Å². The highest BCUT2D eigenvalue weighted by molar-refractivity contribution is 6.31. The van der Waals surface area contributed by atoms with E-state index in [1.54, 1.807) is 37.4 Å². The van der Waals surface area contributed by atoms with Crippen molar-refractivity contribution in [2.45, 2.75) is 32.2 Å². The molecule has 2 aromatic carbocycles. The van der Waals surface area contributed by atoms with Crippen molar-refractivity contribution in [3.05, 3.63) is 93.8 Å². The number of carbonyl (C=O) groups is 2. The largest absolute Gasteiger partial charge is 0.453 e.